The first-order valence-electron chi connectivity index (χ1n) is 5.27. The number of halogens is 1. The molecule has 5 nitrogen and oxygen atoms in total. The fourth-order valence-electron chi connectivity index (χ4n) is 1.38. The van der Waals surface area contributed by atoms with Crippen LogP contribution in [0.2, 0.25) is 0 Å². The van der Waals surface area contributed by atoms with Crippen molar-refractivity contribution in [3.05, 3.63) is 22.2 Å². The Morgan fingerprint density at radius 2 is 1.61 bits per heavy atom. The molecule has 0 saturated carbocycles. The second kappa shape index (κ2) is 8.31. The predicted octanol–water partition coefficient (Wildman–Crippen LogP) is 2.56. The van der Waals surface area contributed by atoms with E-state index in [-0.39, 0.29) is 13.6 Å². The maximum atomic E-state index is 5.49. The molecule has 1 rings (SSSR count). The molecular weight excluding hydrogens is 304 g/mol. The van der Waals surface area contributed by atoms with Gasteiger partial charge in [0.2, 0.25) is 0 Å². The van der Waals surface area contributed by atoms with Crippen LogP contribution in [0.5, 0.6) is 11.5 Å². The summed E-state index contributed by atoms with van der Waals surface area (Å²) in [6.45, 7) is 0.784. The Kier molecular flexibility index (Phi) is 7.04. The van der Waals surface area contributed by atoms with Crippen LogP contribution in [-0.2, 0) is 20.8 Å². The molecule has 6 heteroatoms. The van der Waals surface area contributed by atoms with Crippen LogP contribution >= 0.6 is 15.9 Å². The van der Waals surface area contributed by atoms with Gasteiger partial charge in [-0.1, -0.05) is 0 Å². The molecule has 1 aromatic rings. The highest BCUT2D eigenvalue weighted by Gasteiger charge is 2.11. The van der Waals surface area contributed by atoms with Crippen molar-refractivity contribution in [1.29, 1.82) is 0 Å². The van der Waals surface area contributed by atoms with Gasteiger partial charge >= 0.3 is 0 Å². The van der Waals surface area contributed by atoms with E-state index in [1.807, 2.05) is 12.1 Å². The van der Waals surface area contributed by atoms with Crippen molar-refractivity contribution in [1.82, 2.24) is 0 Å². The molecule has 0 bridgehead atoms. The van der Waals surface area contributed by atoms with E-state index in [0.717, 1.165) is 10.0 Å². The first kappa shape index (κ1) is 15.2. The van der Waals surface area contributed by atoms with Crippen LogP contribution in [-0.4, -0.2) is 34.9 Å². The summed E-state index contributed by atoms with van der Waals surface area (Å²) in [4.78, 5) is 0. The fourth-order valence-corrected chi connectivity index (χ4v) is 1.97. The summed E-state index contributed by atoms with van der Waals surface area (Å²) in [6.07, 6.45) is 0. The third-order valence-corrected chi connectivity index (χ3v) is 2.65. The molecule has 0 aromatic heterocycles. The predicted molar refractivity (Wildman–Crippen MR) is 69.9 cm³/mol. The zero-order valence-electron chi connectivity index (χ0n) is 10.7. The average molecular weight is 321 g/mol. The van der Waals surface area contributed by atoms with Crippen LogP contribution in [0.3, 0.4) is 0 Å². The molecule has 0 radical (unpaired) electrons. The SMILES string of the molecule is COCOc1cc(Br)c(OCOC)c(COC)c1. The highest BCUT2D eigenvalue weighted by molar-refractivity contribution is 9.10. The summed E-state index contributed by atoms with van der Waals surface area (Å²) in [6, 6.07) is 3.65. The molecule has 0 atom stereocenters. The van der Waals surface area contributed by atoms with E-state index in [2.05, 4.69) is 15.9 Å². The summed E-state index contributed by atoms with van der Waals surface area (Å²) >= 11 is 3.43. The van der Waals surface area contributed by atoms with Crippen molar-refractivity contribution < 1.29 is 23.7 Å². The van der Waals surface area contributed by atoms with E-state index in [9.17, 15) is 0 Å². The standard InChI is InChI=1S/C12H17BrO5/c1-14-6-9-4-10(17-7-15-2)5-11(13)12(9)18-8-16-3/h4-5H,6-8H2,1-3H3. The Bertz CT molecular complexity index is 370. The van der Waals surface area contributed by atoms with E-state index >= 15 is 0 Å². The number of rotatable bonds is 8. The number of hydrogen-bond acceptors (Lipinski definition) is 5. The van der Waals surface area contributed by atoms with E-state index in [4.69, 9.17) is 23.7 Å². The van der Waals surface area contributed by atoms with Crippen LogP contribution in [0.4, 0.5) is 0 Å². The lowest BCUT2D eigenvalue weighted by Gasteiger charge is -2.14. The summed E-state index contributed by atoms with van der Waals surface area (Å²) in [5.41, 5.74) is 0.870. The molecule has 1 aromatic carbocycles. The van der Waals surface area contributed by atoms with E-state index in [0.29, 0.717) is 18.1 Å². The molecule has 0 fully saturated rings. The van der Waals surface area contributed by atoms with Crippen LogP contribution in [0.15, 0.2) is 16.6 Å². The third-order valence-electron chi connectivity index (χ3n) is 2.06. The number of hydrogen-bond donors (Lipinski definition) is 0. The van der Waals surface area contributed by atoms with Gasteiger partial charge in [0.05, 0.1) is 11.1 Å². The van der Waals surface area contributed by atoms with Crippen molar-refractivity contribution in [3.8, 4) is 11.5 Å². The lowest BCUT2D eigenvalue weighted by atomic mass is 10.2. The average Bonchev–Trinajstić information content (AvgIpc) is 2.36. The van der Waals surface area contributed by atoms with Gasteiger partial charge in [0.15, 0.2) is 13.6 Å². The molecule has 0 heterocycles. The van der Waals surface area contributed by atoms with Crippen LogP contribution in [0.1, 0.15) is 5.56 Å². The molecule has 0 aliphatic carbocycles. The summed E-state index contributed by atoms with van der Waals surface area (Å²) in [5, 5.41) is 0. The lowest BCUT2D eigenvalue weighted by molar-refractivity contribution is 0.0458. The molecule has 18 heavy (non-hydrogen) atoms. The molecule has 0 aliphatic heterocycles. The van der Waals surface area contributed by atoms with Gasteiger partial charge in [0, 0.05) is 26.9 Å². The van der Waals surface area contributed by atoms with Crippen molar-refractivity contribution >= 4 is 15.9 Å². The Balaban J connectivity index is 2.93. The van der Waals surface area contributed by atoms with Crippen molar-refractivity contribution in [3.63, 3.8) is 0 Å². The minimum atomic E-state index is 0.174. The highest BCUT2D eigenvalue weighted by Crippen LogP contribution is 2.34. The van der Waals surface area contributed by atoms with Gasteiger partial charge in [-0.05, 0) is 28.1 Å². The Labute approximate surface area is 115 Å². The minimum Gasteiger partial charge on any atom is -0.468 e. The van der Waals surface area contributed by atoms with E-state index in [1.165, 1.54) is 0 Å². The summed E-state index contributed by atoms with van der Waals surface area (Å²) in [7, 11) is 4.76. The Hall–Kier alpha value is -0.820. The van der Waals surface area contributed by atoms with Crippen molar-refractivity contribution in [2.45, 2.75) is 6.61 Å². The minimum absolute atomic E-state index is 0.174. The first-order valence-corrected chi connectivity index (χ1v) is 6.07. The molecule has 0 N–H and O–H groups in total. The first-order chi connectivity index (χ1) is 8.72. The molecule has 0 aliphatic rings. The monoisotopic (exact) mass is 320 g/mol. The molecule has 0 unspecified atom stereocenters. The molecule has 102 valence electrons. The number of benzene rings is 1. The lowest BCUT2D eigenvalue weighted by Crippen LogP contribution is -2.05. The second-order valence-electron chi connectivity index (χ2n) is 3.43. The smallest absolute Gasteiger partial charge is 0.188 e. The molecule has 0 amide bonds. The Morgan fingerprint density at radius 1 is 0.944 bits per heavy atom. The third kappa shape index (κ3) is 4.45. The fraction of sp³-hybridized carbons (Fsp3) is 0.500. The normalized spacial score (nSPS) is 10.4. The highest BCUT2D eigenvalue weighted by atomic mass is 79.9. The Morgan fingerprint density at radius 3 is 2.22 bits per heavy atom. The summed E-state index contributed by atoms with van der Waals surface area (Å²) in [5.74, 6) is 1.36. The topological polar surface area (TPSA) is 46.2 Å². The largest absolute Gasteiger partial charge is 0.468 e. The summed E-state index contributed by atoms with van der Waals surface area (Å²) < 4.78 is 26.5. The quantitative estimate of drug-likeness (QED) is 0.689. The number of ether oxygens (including phenoxy) is 5. The maximum absolute atomic E-state index is 5.49. The maximum Gasteiger partial charge on any atom is 0.188 e. The van der Waals surface area contributed by atoms with Gasteiger partial charge in [-0.2, -0.15) is 0 Å². The van der Waals surface area contributed by atoms with Gasteiger partial charge in [-0.15, -0.1) is 0 Å². The molecule has 0 saturated heterocycles. The molecule has 0 spiro atoms. The van der Waals surface area contributed by atoms with Gasteiger partial charge < -0.3 is 23.7 Å². The van der Waals surface area contributed by atoms with Crippen molar-refractivity contribution in [2.75, 3.05) is 34.9 Å². The van der Waals surface area contributed by atoms with Crippen molar-refractivity contribution in [2.24, 2.45) is 0 Å². The van der Waals surface area contributed by atoms with Crippen LogP contribution in [0, 0.1) is 0 Å². The van der Waals surface area contributed by atoms with Gasteiger partial charge in [0.1, 0.15) is 11.5 Å². The van der Waals surface area contributed by atoms with Crippen LogP contribution in [0.25, 0.3) is 0 Å². The van der Waals surface area contributed by atoms with Gasteiger partial charge in [0.25, 0.3) is 0 Å². The zero-order valence-corrected chi connectivity index (χ0v) is 12.3. The second-order valence-corrected chi connectivity index (χ2v) is 4.28. The van der Waals surface area contributed by atoms with Crippen LogP contribution < -0.4 is 9.47 Å². The zero-order chi connectivity index (χ0) is 13.4. The van der Waals surface area contributed by atoms with Gasteiger partial charge in [-0.25, -0.2) is 0 Å². The van der Waals surface area contributed by atoms with Gasteiger partial charge in [-0.3, -0.25) is 0 Å². The molecular formula is C12H17BrO5. The van der Waals surface area contributed by atoms with E-state index in [1.54, 1.807) is 21.3 Å². The van der Waals surface area contributed by atoms with E-state index < -0.39 is 0 Å². The number of methoxy groups -OCH3 is 3.